The van der Waals surface area contributed by atoms with Crippen molar-refractivity contribution in [2.75, 3.05) is 0 Å². The van der Waals surface area contributed by atoms with Crippen molar-refractivity contribution in [1.29, 1.82) is 0 Å². The minimum Gasteiger partial charge on any atom is -0.312 e. The first-order chi connectivity index (χ1) is 8.66. The summed E-state index contributed by atoms with van der Waals surface area (Å²) in [6.45, 7) is 4.11. The van der Waals surface area contributed by atoms with Gasteiger partial charge < -0.3 is 4.98 Å². The number of benzene rings is 1. The molecule has 18 heavy (non-hydrogen) atoms. The van der Waals surface area contributed by atoms with Crippen molar-refractivity contribution in [2.45, 2.75) is 13.8 Å². The minimum absolute atomic E-state index is 0.171. The van der Waals surface area contributed by atoms with Gasteiger partial charge in [0.25, 0.3) is 5.56 Å². The average Bonchev–Trinajstić information content (AvgIpc) is 2.78. The Balaban J connectivity index is 2.29. The molecule has 0 aliphatic rings. The van der Waals surface area contributed by atoms with Crippen LogP contribution in [0, 0.1) is 13.8 Å². The van der Waals surface area contributed by atoms with Crippen molar-refractivity contribution in [3.63, 3.8) is 0 Å². The molecule has 0 amide bonds. The fraction of sp³-hybridized carbons (Fsp3) is 0.154. The third-order valence-electron chi connectivity index (χ3n) is 3.11. The van der Waals surface area contributed by atoms with Gasteiger partial charge in [0.15, 0.2) is 5.65 Å². The third kappa shape index (κ3) is 1.52. The van der Waals surface area contributed by atoms with Crippen molar-refractivity contribution in [3.8, 4) is 5.69 Å². The van der Waals surface area contributed by atoms with Crippen molar-refractivity contribution in [2.24, 2.45) is 0 Å². The number of H-pyrrole nitrogens is 1. The van der Waals surface area contributed by atoms with Gasteiger partial charge >= 0.3 is 0 Å². The summed E-state index contributed by atoms with van der Waals surface area (Å²) >= 11 is 0. The lowest BCUT2D eigenvalue weighted by molar-refractivity contribution is 0.892. The Labute approximate surface area is 103 Å². The van der Waals surface area contributed by atoms with E-state index in [1.807, 2.05) is 25.1 Å². The van der Waals surface area contributed by atoms with E-state index in [1.165, 1.54) is 23.7 Å². The highest BCUT2D eigenvalue weighted by Crippen LogP contribution is 2.16. The summed E-state index contributed by atoms with van der Waals surface area (Å²) in [5.74, 6) is 0. The van der Waals surface area contributed by atoms with Crippen LogP contribution in [0.1, 0.15) is 11.1 Å². The molecule has 90 valence electrons. The highest BCUT2D eigenvalue weighted by molar-refractivity contribution is 5.74. The Morgan fingerprint density at radius 2 is 2.06 bits per heavy atom. The predicted molar refractivity (Wildman–Crippen MR) is 69.0 cm³/mol. The van der Waals surface area contributed by atoms with Crippen LogP contribution in [0.25, 0.3) is 16.7 Å². The number of aromatic nitrogens is 4. The molecule has 0 spiro atoms. The van der Waals surface area contributed by atoms with Crippen LogP contribution < -0.4 is 5.56 Å². The second kappa shape index (κ2) is 3.80. The molecule has 0 saturated carbocycles. The lowest BCUT2D eigenvalue weighted by atomic mass is 10.1. The van der Waals surface area contributed by atoms with Gasteiger partial charge in [-0.15, -0.1) is 0 Å². The number of hydrogen-bond acceptors (Lipinski definition) is 3. The summed E-state index contributed by atoms with van der Waals surface area (Å²) in [4.78, 5) is 18.3. The maximum atomic E-state index is 11.6. The molecule has 3 aromatic rings. The smallest absolute Gasteiger partial charge is 0.261 e. The molecule has 5 heteroatoms. The maximum absolute atomic E-state index is 11.6. The van der Waals surface area contributed by atoms with E-state index in [0.717, 1.165) is 5.69 Å². The topological polar surface area (TPSA) is 63.6 Å². The first-order valence-electron chi connectivity index (χ1n) is 5.66. The second-order valence-electron chi connectivity index (χ2n) is 4.29. The van der Waals surface area contributed by atoms with Gasteiger partial charge in [-0.05, 0) is 37.1 Å². The van der Waals surface area contributed by atoms with Crippen LogP contribution in [-0.2, 0) is 0 Å². The largest absolute Gasteiger partial charge is 0.312 e. The van der Waals surface area contributed by atoms with Gasteiger partial charge in [0.05, 0.1) is 18.2 Å². The standard InChI is InChI=1S/C13H12N4O/c1-8-3-4-10(5-9(8)2)17-12-11(6-16-17)13(18)15-7-14-12/h3-7H,1-2H3,(H,14,15,18). The van der Waals surface area contributed by atoms with Crippen LogP contribution in [0.3, 0.4) is 0 Å². The van der Waals surface area contributed by atoms with E-state index in [1.54, 1.807) is 4.68 Å². The van der Waals surface area contributed by atoms with Gasteiger partial charge in [0, 0.05) is 0 Å². The Hall–Kier alpha value is -2.43. The molecule has 0 atom stereocenters. The number of rotatable bonds is 1. The van der Waals surface area contributed by atoms with E-state index in [4.69, 9.17) is 0 Å². The fourth-order valence-corrected chi connectivity index (χ4v) is 1.90. The van der Waals surface area contributed by atoms with Crippen molar-refractivity contribution in [3.05, 3.63) is 52.2 Å². The monoisotopic (exact) mass is 240 g/mol. The van der Waals surface area contributed by atoms with E-state index in [2.05, 4.69) is 22.0 Å². The molecule has 0 saturated heterocycles. The Morgan fingerprint density at radius 3 is 2.83 bits per heavy atom. The minimum atomic E-state index is -0.171. The van der Waals surface area contributed by atoms with Crippen molar-refractivity contribution < 1.29 is 0 Å². The molecule has 5 nitrogen and oxygen atoms in total. The van der Waals surface area contributed by atoms with E-state index >= 15 is 0 Å². The predicted octanol–water partition coefficient (Wildman–Crippen LogP) is 1.73. The van der Waals surface area contributed by atoms with Crippen LogP contribution in [0.5, 0.6) is 0 Å². The van der Waals surface area contributed by atoms with Crippen LogP contribution in [-0.4, -0.2) is 19.7 Å². The van der Waals surface area contributed by atoms with E-state index in [9.17, 15) is 4.79 Å². The van der Waals surface area contributed by atoms with Gasteiger partial charge in [-0.3, -0.25) is 4.79 Å². The summed E-state index contributed by atoms with van der Waals surface area (Å²) in [6.07, 6.45) is 2.93. The zero-order chi connectivity index (χ0) is 12.7. The Morgan fingerprint density at radius 1 is 1.22 bits per heavy atom. The van der Waals surface area contributed by atoms with E-state index < -0.39 is 0 Å². The molecule has 2 aromatic heterocycles. The molecule has 3 rings (SSSR count). The number of nitrogens with zero attached hydrogens (tertiary/aromatic N) is 3. The molecule has 0 aliphatic heterocycles. The lowest BCUT2D eigenvalue weighted by Crippen LogP contribution is -2.06. The number of aryl methyl sites for hydroxylation is 2. The van der Waals surface area contributed by atoms with Crippen LogP contribution >= 0.6 is 0 Å². The zero-order valence-corrected chi connectivity index (χ0v) is 10.1. The van der Waals surface area contributed by atoms with Gasteiger partial charge in [-0.2, -0.15) is 5.10 Å². The first-order valence-corrected chi connectivity index (χ1v) is 5.66. The number of nitrogens with one attached hydrogen (secondary N) is 1. The maximum Gasteiger partial charge on any atom is 0.261 e. The highest BCUT2D eigenvalue weighted by atomic mass is 16.1. The van der Waals surface area contributed by atoms with Crippen molar-refractivity contribution >= 4 is 11.0 Å². The molecule has 1 N–H and O–H groups in total. The zero-order valence-electron chi connectivity index (χ0n) is 10.1. The second-order valence-corrected chi connectivity index (χ2v) is 4.29. The van der Waals surface area contributed by atoms with Crippen LogP contribution in [0.4, 0.5) is 0 Å². The first kappa shape index (κ1) is 10.7. The molecule has 0 bridgehead atoms. The average molecular weight is 240 g/mol. The Bertz CT molecular complexity index is 785. The molecular weight excluding hydrogens is 228 g/mol. The van der Waals surface area contributed by atoms with Gasteiger partial charge in [0.1, 0.15) is 5.39 Å². The number of fused-ring (bicyclic) bond motifs is 1. The summed E-state index contributed by atoms with van der Waals surface area (Å²) < 4.78 is 1.68. The summed E-state index contributed by atoms with van der Waals surface area (Å²) in [7, 11) is 0. The quantitative estimate of drug-likeness (QED) is 0.704. The summed E-state index contributed by atoms with van der Waals surface area (Å²) in [5.41, 5.74) is 3.71. The lowest BCUT2D eigenvalue weighted by Gasteiger charge is -2.05. The molecule has 0 unspecified atom stereocenters. The van der Waals surface area contributed by atoms with Gasteiger partial charge in [-0.1, -0.05) is 6.07 Å². The Kier molecular flexibility index (Phi) is 2.26. The van der Waals surface area contributed by atoms with Gasteiger partial charge in [-0.25, -0.2) is 9.67 Å². The molecular formula is C13H12N4O. The number of hydrogen-bond donors (Lipinski definition) is 1. The number of aromatic amines is 1. The van der Waals surface area contributed by atoms with Crippen LogP contribution in [0.2, 0.25) is 0 Å². The van der Waals surface area contributed by atoms with E-state index in [-0.39, 0.29) is 5.56 Å². The van der Waals surface area contributed by atoms with Crippen LogP contribution in [0.15, 0.2) is 35.5 Å². The summed E-state index contributed by atoms with van der Waals surface area (Å²) in [6, 6.07) is 6.04. The molecule has 1 aromatic carbocycles. The van der Waals surface area contributed by atoms with Crippen molar-refractivity contribution in [1.82, 2.24) is 19.7 Å². The molecule has 0 fully saturated rings. The summed E-state index contributed by atoms with van der Waals surface area (Å²) in [5, 5.41) is 4.73. The highest BCUT2D eigenvalue weighted by Gasteiger charge is 2.08. The molecule has 0 aliphatic carbocycles. The van der Waals surface area contributed by atoms with Gasteiger partial charge in [0.2, 0.25) is 0 Å². The fourth-order valence-electron chi connectivity index (χ4n) is 1.90. The molecule has 0 radical (unpaired) electrons. The third-order valence-corrected chi connectivity index (χ3v) is 3.11. The normalized spacial score (nSPS) is 11.0. The molecule has 2 heterocycles. The SMILES string of the molecule is Cc1ccc(-n2ncc3c(=O)[nH]cnc32)cc1C. The van der Waals surface area contributed by atoms with E-state index in [0.29, 0.717) is 11.0 Å².